The number of amides is 1. The van der Waals surface area contributed by atoms with Crippen LogP contribution in [0.2, 0.25) is 0 Å². The first kappa shape index (κ1) is 22.2. The monoisotopic (exact) mass is 425 g/mol. The lowest BCUT2D eigenvalue weighted by atomic mass is 10.1. The van der Waals surface area contributed by atoms with Gasteiger partial charge in [-0.15, -0.1) is 0 Å². The number of carbonyl (C=O) groups excluding carboxylic acids is 1. The van der Waals surface area contributed by atoms with Gasteiger partial charge in [0.25, 0.3) is 5.91 Å². The summed E-state index contributed by atoms with van der Waals surface area (Å²) in [5.41, 5.74) is 8.78. The average molecular weight is 425 g/mol. The molecule has 0 unspecified atom stereocenters. The number of methoxy groups -OCH3 is 1. The summed E-state index contributed by atoms with van der Waals surface area (Å²) in [5, 5.41) is 12.6. The third-order valence-electron chi connectivity index (χ3n) is 4.60. The van der Waals surface area contributed by atoms with Crippen LogP contribution in [0.1, 0.15) is 23.0 Å². The second-order valence-electron chi connectivity index (χ2n) is 7.13. The summed E-state index contributed by atoms with van der Waals surface area (Å²) in [5.74, 6) is 1.22. The predicted molar refractivity (Wildman–Crippen MR) is 119 cm³/mol. The van der Waals surface area contributed by atoms with Gasteiger partial charge in [0.1, 0.15) is 19.0 Å². The fourth-order valence-corrected chi connectivity index (χ4v) is 3.19. The van der Waals surface area contributed by atoms with Crippen LogP contribution in [-0.4, -0.2) is 49.0 Å². The minimum absolute atomic E-state index is 0.105. The topological polar surface area (TPSA) is 116 Å². The minimum Gasteiger partial charge on any atom is -0.493 e. The van der Waals surface area contributed by atoms with E-state index in [1.54, 1.807) is 24.3 Å². The van der Waals surface area contributed by atoms with E-state index in [-0.39, 0.29) is 31.8 Å². The smallest absolute Gasteiger partial charge is 0.251 e. The predicted octanol–water partition coefficient (Wildman–Crippen LogP) is 2.70. The molecule has 0 fully saturated rings. The molecule has 0 saturated carbocycles. The molecule has 0 aliphatic carbocycles. The molecule has 3 rings (SSSR count). The van der Waals surface area contributed by atoms with E-state index in [2.05, 4.69) is 10.3 Å². The van der Waals surface area contributed by atoms with Crippen molar-refractivity contribution in [3.8, 4) is 17.2 Å². The second kappa shape index (κ2) is 9.99. The molecule has 0 aliphatic rings. The number of carbonyl (C=O) groups is 1. The molecule has 0 radical (unpaired) electrons. The number of nitrogen functional groups attached to an aromatic ring is 1. The molecule has 3 aromatic rings. The number of aromatic nitrogens is 1. The van der Waals surface area contributed by atoms with Gasteiger partial charge in [-0.2, -0.15) is 0 Å². The number of aliphatic hydroxyl groups excluding tert-OH is 1. The Balaban J connectivity index is 1.67. The molecule has 0 spiro atoms. The van der Waals surface area contributed by atoms with Crippen LogP contribution in [0.25, 0.3) is 10.9 Å². The fourth-order valence-electron chi connectivity index (χ4n) is 3.19. The van der Waals surface area contributed by atoms with E-state index in [0.29, 0.717) is 28.5 Å². The minimum atomic E-state index is -0.276. The highest BCUT2D eigenvalue weighted by Crippen LogP contribution is 2.30. The third kappa shape index (κ3) is 5.35. The number of anilines is 1. The molecule has 8 nitrogen and oxygen atoms in total. The second-order valence-corrected chi connectivity index (χ2v) is 7.13. The van der Waals surface area contributed by atoms with Crippen molar-refractivity contribution in [1.29, 1.82) is 0 Å². The number of hydrogen-bond donors (Lipinski definition) is 3. The van der Waals surface area contributed by atoms with Gasteiger partial charge in [0, 0.05) is 16.9 Å². The largest absolute Gasteiger partial charge is 0.493 e. The number of hydrogen-bond acceptors (Lipinski definition) is 7. The fraction of sp³-hybridized carbons (Fsp3) is 0.304. The Morgan fingerprint density at radius 2 is 1.97 bits per heavy atom. The molecule has 164 valence electrons. The molecule has 0 aliphatic heterocycles. The summed E-state index contributed by atoms with van der Waals surface area (Å²) in [6, 6.07) is 12.0. The first-order chi connectivity index (χ1) is 14.9. The van der Waals surface area contributed by atoms with Crippen molar-refractivity contribution in [2.45, 2.75) is 19.9 Å². The number of ether oxygens (including phenoxy) is 3. The number of nitrogens with zero attached hydrogens (tertiary/aromatic N) is 1. The maximum atomic E-state index is 12.7. The summed E-state index contributed by atoms with van der Waals surface area (Å²) in [6.45, 7) is 3.96. The van der Waals surface area contributed by atoms with Crippen molar-refractivity contribution in [1.82, 2.24) is 10.3 Å². The van der Waals surface area contributed by atoms with Crippen LogP contribution in [0, 0.1) is 6.92 Å². The van der Waals surface area contributed by atoms with E-state index < -0.39 is 0 Å². The van der Waals surface area contributed by atoms with Crippen LogP contribution in [0.15, 0.2) is 42.5 Å². The van der Waals surface area contributed by atoms with Gasteiger partial charge in [0.05, 0.1) is 30.7 Å². The van der Waals surface area contributed by atoms with E-state index in [9.17, 15) is 4.79 Å². The Morgan fingerprint density at radius 3 is 2.71 bits per heavy atom. The van der Waals surface area contributed by atoms with Crippen LogP contribution in [0.4, 0.5) is 5.69 Å². The lowest BCUT2D eigenvalue weighted by molar-refractivity contribution is 0.0926. The number of aryl methyl sites for hydroxylation is 1. The standard InChI is InChI=1S/C23H27N3O5/c1-14-11-17(24)22-18(25-14)5-4-6-20(22)31-13-15(2)26-23(28)16-7-8-19(29-3)21(12-16)30-10-9-27/h4-8,11-12,15,27H,9-10,13H2,1-3H3,(H2,24,25)(H,26,28)/t15-/m0/s1. The molecule has 2 aromatic carbocycles. The summed E-state index contributed by atoms with van der Waals surface area (Å²) < 4.78 is 16.6. The molecule has 4 N–H and O–H groups in total. The number of aliphatic hydroxyl groups is 1. The Kier molecular flexibility index (Phi) is 7.15. The Bertz CT molecular complexity index is 1070. The zero-order valence-corrected chi connectivity index (χ0v) is 17.8. The number of pyridine rings is 1. The quantitative estimate of drug-likeness (QED) is 0.483. The van der Waals surface area contributed by atoms with Gasteiger partial charge in [-0.3, -0.25) is 9.78 Å². The number of nitrogens with one attached hydrogen (secondary N) is 1. The molecular formula is C23H27N3O5. The molecular weight excluding hydrogens is 398 g/mol. The lowest BCUT2D eigenvalue weighted by Gasteiger charge is -2.17. The van der Waals surface area contributed by atoms with Crippen molar-refractivity contribution in [3.63, 3.8) is 0 Å². The van der Waals surface area contributed by atoms with Crippen LogP contribution in [0.3, 0.4) is 0 Å². The van der Waals surface area contributed by atoms with Gasteiger partial charge in [-0.1, -0.05) is 6.07 Å². The average Bonchev–Trinajstić information content (AvgIpc) is 2.75. The first-order valence-electron chi connectivity index (χ1n) is 9.94. The molecule has 1 heterocycles. The molecule has 1 aromatic heterocycles. The molecule has 8 heteroatoms. The number of benzene rings is 2. The van der Waals surface area contributed by atoms with E-state index in [4.69, 9.17) is 25.1 Å². The van der Waals surface area contributed by atoms with Crippen molar-refractivity contribution < 1.29 is 24.1 Å². The Hall–Kier alpha value is -3.52. The van der Waals surface area contributed by atoms with Crippen LogP contribution >= 0.6 is 0 Å². The van der Waals surface area contributed by atoms with Crippen molar-refractivity contribution >= 4 is 22.5 Å². The van der Waals surface area contributed by atoms with Crippen LogP contribution in [0.5, 0.6) is 17.2 Å². The van der Waals surface area contributed by atoms with Crippen LogP contribution < -0.4 is 25.3 Å². The SMILES string of the molecule is COc1ccc(C(=O)N[C@@H](C)COc2cccc3nc(C)cc(N)c23)cc1OCCO. The van der Waals surface area contributed by atoms with E-state index in [1.807, 2.05) is 32.0 Å². The maximum Gasteiger partial charge on any atom is 0.251 e. The summed E-state index contributed by atoms with van der Waals surface area (Å²) >= 11 is 0. The van der Waals surface area contributed by atoms with Crippen LogP contribution in [-0.2, 0) is 0 Å². The zero-order chi connectivity index (χ0) is 22.4. The normalized spacial score (nSPS) is 11.7. The summed E-state index contributed by atoms with van der Waals surface area (Å²) in [7, 11) is 1.51. The molecule has 1 atom stereocenters. The molecule has 0 bridgehead atoms. The molecule has 1 amide bonds. The van der Waals surface area contributed by atoms with Gasteiger partial charge in [0.15, 0.2) is 11.5 Å². The highest BCUT2D eigenvalue weighted by molar-refractivity contribution is 5.96. The highest BCUT2D eigenvalue weighted by Gasteiger charge is 2.15. The number of fused-ring (bicyclic) bond motifs is 1. The Labute approximate surface area is 180 Å². The van der Waals surface area contributed by atoms with E-state index in [0.717, 1.165) is 16.6 Å². The Morgan fingerprint density at radius 1 is 1.16 bits per heavy atom. The van der Waals surface area contributed by atoms with Gasteiger partial charge in [0.2, 0.25) is 0 Å². The maximum absolute atomic E-state index is 12.7. The third-order valence-corrected chi connectivity index (χ3v) is 4.60. The zero-order valence-electron chi connectivity index (χ0n) is 17.8. The van der Waals surface area contributed by atoms with E-state index >= 15 is 0 Å². The van der Waals surface area contributed by atoms with Gasteiger partial charge >= 0.3 is 0 Å². The van der Waals surface area contributed by atoms with E-state index in [1.165, 1.54) is 7.11 Å². The first-order valence-corrected chi connectivity index (χ1v) is 9.94. The lowest BCUT2D eigenvalue weighted by Crippen LogP contribution is -2.36. The number of rotatable bonds is 9. The van der Waals surface area contributed by atoms with Gasteiger partial charge in [-0.25, -0.2) is 0 Å². The summed E-state index contributed by atoms with van der Waals surface area (Å²) in [6.07, 6.45) is 0. The van der Waals surface area contributed by atoms with Crippen molar-refractivity contribution in [2.24, 2.45) is 0 Å². The number of nitrogens with two attached hydrogens (primary N) is 1. The summed E-state index contributed by atoms with van der Waals surface area (Å²) in [4.78, 5) is 17.1. The van der Waals surface area contributed by atoms with Gasteiger partial charge in [-0.05, 0) is 50.2 Å². The van der Waals surface area contributed by atoms with Gasteiger partial charge < -0.3 is 30.4 Å². The van der Waals surface area contributed by atoms with Crippen molar-refractivity contribution in [3.05, 3.63) is 53.7 Å². The highest BCUT2D eigenvalue weighted by atomic mass is 16.5. The molecule has 31 heavy (non-hydrogen) atoms. The molecule has 0 saturated heterocycles. The van der Waals surface area contributed by atoms with Crippen molar-refractivity contribution in [2.75, 3.05) is 32.7 Å².